The normalized spacial score (nSPS) is 23.6. The van der Waals surface area contributed by atoms with Gasteiger partial charge in [0.25, 0.3) is 0 Å². The summed E-state index contributed by atoms with van der Waals surface area (Å²) < 4.78 is 22.2. The molecule has 3 unspecified atom stereocenters. The summed E-state index contributed by atoms with van der Waals surface area (Å²) in [6, 6.07) is 4.72. The van der Waals surface area contributed by atoms with Crippen molar-refractivity contribution >= 4 is 22.6 Å². The third-order valence-electron chi connectivity index (χ3n) is 6.86. The van der Waals surface area contributed by atoms with E-state index in [4.69, 9.17) is 9.94 Å². The van der Waals surface area contributed by atoms with Crippen LogP contribution in [-0.4, -0.2) is 58.2 Å². The van der Waals surface area contributed by atoms with E-state index in [1.807, 2.05) is 0 Å². The fraction of sp³-hybridized carbons (Fsp3) is 0.600. The molecule has 2 heterocycles. The van der Waals surface area contributed by atoms with Crippen LogP contribution in [0.4, 0.5) is 4.39 Å². The summed E-state index contributed by atoms with van der Waals surface area (Å²) in [6.45, 7) is 7.21. The molecular formula is C25H34FN3O4. The fourth-order valence-electron chi connectivity index (χ4n) is 5.52. The lowest BCUT2D eigenvalue weighted by Gasteiger charge is -2.37. The van der Waals surface area contributed by atoms with Crippen LogP contribution in [0, 0.1) is 11.7 Å². The highest BCUT2D eigenvalue weighted by Crippen LogP contribution is 2.36. The van der Waals surface area contributed by atoms with Crippen molar-refractivity contribution in [1.29, 1.82) is 0 Å². The predicted molar refractivity (Wildman–Crippen MR) is 123 cm³/mol. The quantitative estimate of drug-likeness (QED) is 0.357. The Balaban J connectivity index is 1.52. The lowest BCUT2D eigenvalue weighted by atomic mass is 9.84. The van der Waals surface area contributed by atoms with E-state index in [-0.39, 0.29) is 42.1 Å². The average molecular weight is 460 g/mol. The minimum atomic E-state index is -0.380. The van der Waals surface area contributed by atoms with Crippen molar-refractivity contribution in [2.75, 3.05) is 19.6 Å². The molecule has 1 aromatic heterocycles. The van der Waals surface area contributed by atoms with E-state index in [0.29, 0.717) is 30.5 Å². The largest absolute Gasteiger partial charge is 0.373 e. The Kier molecular flexibility index (Phi) is 7.46. The second-order valence-corrected chi connectivity index (χ2v) is 9.56. The standard InChI is InChI=1S/C25H34FN3O4/c1-16-13-28(14-17(2)33-16)15-18-7-9-22-24(25(18)31)20-12-19(26)8-10-21(20)29(22)11-5-3-4-6-23(30)27-32/h8,10,12,16-18,32H,3-7,9,11,13-15H2,1-2H3,(H,27,30). The van der Waals surface area contributed by atoms with Crippen LogP contribution >= 0.6 is 0 Å². The van der Waals surface area contributed by atoms with Crippen LogP contribution in [-0.2, 0) is 22.5 Å². The monoisotopic (exact) mass is 459 g/mol. The number of carbonyl (C=O) groups is 2. The van der Waals surface area contributed by atoms with Crippen LogP contribution in [0.2, 0.25) is 0 Å². The molecule has 180 valence electrons. The molecule has 3 atom stereocenters. The van der Waals surface area contributed by atoms with Gasteiger partial charge in [0.1, 0.15) is 5.82 Å². The number of benzene rings is 1. The smallest absolute Gasteiger partial charge is 0.243 e. The zero-order chi connectivity index (χ0) is 23.5. The van der Waals surface area contributed by atoms with Crippen molar-refractivity contribution in [3.05, 3.63) is 35.3 Å². The maximum atomic E-state index is 14.2. The number of rotatable bonds is 8. The number of amides is 1. The van der Waals surface area contributed by atoms with E-state index in [0.717, 1.165) is 50.0 Å². The molecule has 1 saturated heterocycles. The minimum absolute atomic E-state index is 0.0886. The number of hydrogen-bond acceptors (Lipinski definition) is 5. The first-order valence-electron chi connectivity index (χ1n) is 12.0. The minimum Gasteiger partial charge on any atom is -0.373 e. The highest BCUT2D eigenvalue weighted by Gasteiger charge is 2.35. The van der Waals surface area contributed by atoms with E-state index in [1.54, 1.807) is 11.5 Å². The van der Waals surface area contributed by atoms with E-state index in [1.165, 1.54) is 12.1 Å². The zero-order valence-corrected chi connectivity index (χ0v) is 19.5. The average Bonchev–Trinajstić information content (AvgIpc) is 3.07. The van der Waals surface area contributed by atoms with Crippen LogP contribution in [0.25, 0.3) is 10.9 Å². The number of nitrogens with zero attached hydrogens (tertiary/aromatic N) is 2. The summed E-state index contributed by atoms with van der Waals surface area (Å²) in [4.78, 5) is 27.1. The molecule has 1 aliphatic heterocycles. The van der Waals surface area contributed by atoms with Gasteiger partial charge in [0.05, 0.1) is 12.2 Å². The number of Topliss-reactive ketones (excluding diaryl/α,β-unsaturated/α-hetero) is 1. The molecule has 1 aliphatic carbocycles. The fourth-order valence-corrected chi connectivity index (χ4v) is 5.52. The van der Waals surface area contributed by atoms with Gasteiger partial charge in [-0.15, -0.1) is 0 Å². The van der Waals surface area contributed by atoms with E-state index < -0.39 is 0 Å². The van der Waals surface area contributed by atoms with Crippen molar-refractivity contribution < 1.29 is 23.9 Å². The highest BCUT2D eigenvalue weighted by atomic mass is 19.1. The molecule has 2 N–H and O–H groups in total. The second kappa shape index (κ2) is 10.3. The summed E-state index contributed by atoms with van der Waals surface area (Å²) in [5, 5.41) is 9.33. The first-order valence-corrected chi connectivity index (χ1v) is 12.0. The van der Waals surface area contributed by atoms with Crippen LogP contribution < -0.4 is 5.48 Å². The van der Waals surface area contributed by atoms with Gasteiger partial charge in [-0.2, -0.15) is 0 Å². The van der Waals surface area contributed by atoms with Crippen molar-refractivity contribution in [2.45, 2.75) is 71.1 Å². The number of carbonyl (C=O) groups excluding carboxylic acids is 2. The Hall–Kier alpha value is -2.29. The summed E-state index contributed by atoms with van der Waals surface area (Å²) >= 11 is 0. The number of unbranched alkanes of at least 4 members (excludes halogenated alkanes) is 2. The summed E-state index contributed by atoms with van der Waals surface area (Å²) in [7, 11) is 0. The van der Waals surface area contributed by atoms with E-state index in [9.17, 15) is 14.0 Å². The highest BCUT2D eigenvalue weighted by molar-refractivity contribution is 6.11. The topological polar surface area (TPSA) is 83.8 Å². The molecule has 7 nitrogen and oxygen atoms in total. The van der Waals surface area contributed by atoms with Gasteiger partial charge in [0.2, 0.25) is 5.91 Å². The predicted octanol–water partition coefficient (Wildman–Crippen LogP) is 3.70. The van der Waals surface area contributed by atoms with Crippen LogP contribution in [0.15, 0.2) is 18.2 Å². The lowest BCUT2D eigenvalue weighted by Crippen LogP contribution is -2.48. The van der Waals surface area contributed by atoms with Gasteiger partial charge >= 0.3 is 0 Å². The molecule has 0 radical (unpaired) electrons. The number of nitrogens with one attached hydrogen (secondary N) is 1. The van der Waals surface area contributed by atoms with Crippen LogP contribution in [0.5, 0.6) is 0 Å². The first kappa shape index (κ1) is 23.9. The number of hydroxylamine groups is 1. The number of morpholine rings is 1. The van der Waals surface area contributed by atoms with Gasteiger partial charge in [-0.25, -0.2) is 9.87 Å². The second-order valence-electron chi connectivity index (χ2n) is 9.56. The number of aromatic nitrogens is 1. The van der Waals surface area contributed by atoms with Crippen molar-refractivity contribution in [3.63, 3.8) is 0 Å². The first-order chi connectivity index (χ1) is 15.9. The van der Waals surface area contributed by atoms with Gasteiger partial charge in [-0.1, -0.05) is 6.42 Å². The van der Waals surface area contributed by atoms with Crippen molar-refractivity contribution in [2.24, 2.45) is 5.92 Å². The third kappa shape index (κ3) is 5.28. The molecule has 2 aromatic rings. The summed E-state index contributed by atoms with van der Waals surface area (Å²) in [5.41, 5.74) is 4.25. The van der Waals surface area contributed by atoms with Crippen LogP contribution in [0.3, 0.4) is 0 Å². The van der Waals surface area contributed by atoms with Crippen molar-refractivity contribution in [3.8, 4) is 0 Å². The number of ketones is 1. The molecule has 8 heteroatoms. The number of halogens is 1. The van der Waals surface area contributed by atoms with Gasteiger partial charge in [0.15, 0.2) is 5.78 Å². The number of fused-ring (bicyclic) bond motifs is 3. The molecule has 33 heavy (non-hydrogen) atoms. The molecule has 1 amide bonds. The molecular weight excluding hydrogens is 425 g/mol. The Labute approximate surface area is 193 Å². The van der Waals surface area contributed by atoms with Crippen LogP contribution in [0.1, 0.15) is 62.0 Å². The lowest BCUT2D eigenvalue weighted by molar-refractivity contribution is -0.129. The molecule has 2 aliphatic rings. The molecule has 0 saturated carbocycles. The SMILES string of the molecule is CC1CN(CC2CCc3c(c4cc(F)ccc4n3CCCCCC(=O)NO)C2=O)CC(C)O1. The summed E-state index contributed by atoms with van der Waals surface area (Å²) in [5.74, 6) is -0.676. The Morgan fingerprint density at radius 1 is 1.21 bits per heavy atom. The Morgan fingerprint density at radius 2 is 1.97 bits per heavy atom. The Morgan fingerprint density at radius 3 is 2.70 bits per heavy atom. The molecule has 4 rings (SSSR count). The number of hydrogen-bond donors (Lipinski definition) is 2. The zero-order valence-electron chi connectivity index (χ0n) is 19.5. The number of ether oxygens (including phenoxy) is 1. The maximum Gasteiger partial charge on any atom is 0.243 e. The third-order valence-corrected chi connectivity index (χ3v) is 6.86. The summed E-state index contributed by atoms with van der Waals surface area (Å²) in [6.07, 6.45) is 4.53. The molecule has 1 aromatic carbocycles. The van der Waals surface area contributed by atoms with Gasteiger partial charge in [-0.3, -0.25) is 19.7 Å². The van der Waals surface area contributed by atoms with E-state index >= 15 is 0 Å². The number of aryl methyl sites for hydroxylation is 1. The Bertz CT molecular complexity index is 1010. The molecule has 0 bridgehead atoms. The van der Waals surface area contributed by atoms with Gasteiger partial charge in [-0.05, 0) is 57.7 Å². The van der Waals surface area contributed by atoms with Gasteiger partial charge < -0.3 is 9.30 Å². The molecule has 1 fully saturated rings. The molecule has 0 spiro atoms. The maximum absolute atomic E-state index is 14.2. The van der Waals surface area contributed by atoms with Crippen molar-refractivity contribution in [1.82, 2.24) is 14.9 Å². The van der Waals surface area contributed by atoms with Gasteiger partial charge in [0, 0.05) is 60.7 Å². The van der Waals surface area contributed by atoms with E-state index in [2.05, 4.69) is 23.3 Å².